The maximum absolute atomic E-state index is 12.4. The quantitative estimate of drug-likeness (QED) is 0.932. The van der Waals surface area contributed by atoms with E-state index >= 15 is 0 Å². The van der Waals surface area contributed by atoms with E-state index in [1.54, 1.807) is 11.8 Å². The molecule has 4 nitrogen and oxygen atoms in total. The zero-order valence-corrected chi connectivity index (χ0v) is 13.4. The molecule has 0 saturated heterocycles. The summed E-state index contributed by atoms with van der Waals surface area (Å²) >= 11 is 1.55. The number of nitrogens with zero attached hydrogens (tertiary/aromatic N) is 1. The molecule has 0 bridgehead atoms. The van der Waals surface area contributed by atoms with Crippen molar-refractivity contribution in [2.24, 2.45) is 0 Å². The average Bonchev–Trinajstić information content (AvgIpc) is 2.42. The smallest absolute Gasteiger partial charge is 0.326 e. The number of aliphatic carboxylic acids is 1. The van der Waals surface area contributed by atoms with Crippen molar-refractivity contribution in [1.29, 1.82) is 0 Å². The molecule has 0 aliphatic carbocycles. The van der Waals surface area contributed by atoms with Gasteiger partial charge in [-0.25, -0.2) is 4.79 Å². The Kier molecular flexibility index (Phi) is 4.61. The molecule has 1 heterocycles. The monoisotopic (exact) mass is 307 g/mol. The van der Waals surface area contributed by atoms with Crippen molar-refractivity contribution in [3.05, 3.63) is 35.4 Å². The fourth-order valence-corrected chi connectivity index (χ4v) is 3.09. The van der Waals surface area contributed by atoms with Gasteiger partial charge in [0.25, 0.3) is 0 Å². The Balaban J connectivity index is 2.17. The van der Waals surface area contributed by atoms with Gasteiger partial charge < -0.3 is 10.0 Å². The summed E-state index contributed by atoms with van der Waals surface area (Å²) in [4.78, 5) is 25.4. The molecule has 2 rings (SSSR count). The van der Waals surface area contributed by atoms with E-state index in [9.17, 15) is 14.7 Å². The minimum atomic E-state index is -0.932. The number of thioether (sulfide) groups is 1. The van der Waals surface area contributed by atoms with Gasteiger partial charge in [0.05, 0.1) is 5.75 Å². The number of benzene rings is 1. The van der Waals surface area contributed by atoms with E-state index in [4.69, 9.17) is 0 Å². The minimum absolute atomic E-state index is 0.0118. The van der Waals surface area contributed by atoms with Crippen LogP contribution in [0.1, 0.15) is 31.9 Å². The van der Waals surface area contributed by atoms with Gasteiger partial charge >= 0.3 is 5.97 Å². The summed E-state index contributed by atoms with van der Waals surface area (Å²) in [5.41, 5.74) is 2.07. The number of rotatable bonds is 3. The molecule has 1 aliphatic heterocycles. The molecule has 21 heavy (non-hydrogen) atoms. The van der Waals surface area contributed by atoms with E-state index in [-0.39, 0.29) is 10.7 Å². The standard InChI is InChI=1S/C16H21NO3S/c1-16(2,3)21-10-14(18)17-9-12-7-5-4-6-11(12)8-13(17)15(19)20/h4-7,13H,8-10H2,1-3H3,(H,19,20). The van der Waals surface area contributed by atoms with E-state index in [0.29, 0.717) is 18.7 Å². The summed E-state index contributed by atoms with van der Waals surface area (Å²) < 4.78 is -0.0118. The molecule has 114 valence electrons. The second-order valence-corrected chi connectivity index (χ2v) is 8.05. The van der Waals surface area contributed by atoms with Crippen LogP contribution in [0.5, 0.6) is 0 Å². The molecule has 1 amide bonds. The van der Waals surface area contributed by atoms with Gasteiger partial charge in [0.2, 0.25) is 5.91 Å². The maximum atomic E-state index is 12.4. The van der Waals surface area contributed by atoms with E-state index in [0.717, 1.165) is 11.1 Å². The Morgan fingerprint density at radius 3 is 2.48 bits per heavy atom. The number of carboxylic acid groups (broad SMARTS) is 1. The maximum Gasteiger partial charge on any atom is 0.326 e. The molecule has 1 N–H and O–H groups in total. The highest BCUT2D eigenvalue weighted by Crippen LogP contribution is 2.27. The third-order valence-corrected chi connectivity index (χ3v) is 4.74. The lowest BCUT2D eigenvalue weighted by molar-refractivity contribution is -0.150. The molecule has 1 unspecified atom stereocenters. The Labute approximate surface area is 129 Å². The van der Waals surface area contributed by atoms with E-state index < -0.39 is 12.0 Å². The van der Waals surface area contributed by atoms with Crippen LogP contribution >= 0.6 is 11.8 Å². The highest BCUT2D eigenvalue weighted by molar-refractivity contribution is 8.01. The predicted molar refractivity (Wildman–Crippen MR) is 84.3 cm³/mol. The summed E-state index contributed by atoms with van der Waals surface area (Å²) in [6.45, 7) is 6.53. The van der Waals surface area contributed by atoms with Crippen LogP contribution in [-0.2, 0) is 22.6 Å². The van der Waals surface area contributed by atoms with E-state index in [2.05, 4.69) is 0 Å². The molecule has 1 aromatic carbocycles. The number of carboxylic acids is 1. The second kappa shape index (κ2) is 6.10. The first kappa shape index (κ1) is 15.9. The molecule has 1 atom stereocenters. The molecule has 0 saturated carbocycles. The van der Waals surface area contributed by atoms with Gasteiger partial charge in [0, 0.05) is 17.7 Å². The largest absolute Gasteiger partial charge is 0.480 e. The zero-order valence-electron chi connectivity index (χ0n) is 12.6. The number of hydrogen-bond donors (Lipinski definition) is 1. The molecule has 1 aliphatic rings. The lowest BCUT2D eigenvalue weighted by Crippen LogP contribution is -2.49. The van der Waals surface area contributed by atoms with Crippen LogP contribution in [0.25, 0.3) is 0 Å². The lowest BCUT2D eigenvalue weighted by Gasteiger charge is -2.35. The van der Waals surface area contributed by atoms with Crippen molar-refractivity contribution in [3.8, 4) is 0 Å². The molecule has 5 heteroatoms. The third kappa shape index (κ3) is 4.00. The van der Waals surface area contributed by atoms with Crippen LogP contribution < -0.4 is 0 Å². The van der Waals surface area contributed by atoms with Gasteiger partial charge in [-0.3, -0.25) is 4.79 Å². The summed E-state index contributed by atoms with van der Waals surface area (Å²) in [7, 11) is 0. The number of fused-ring (bicyclic) bond motifs is 1. The number of carbonyl (C=O) groups is 2. The first-order valence-electron chi connectivity index (χ1n) is 7.01. The van der Waals surface area contributed by atoms with Crippen LogP contribution in [0.4, 0.5) is 0 Å². The summed E-state index contributed by atoms with van der Waals surface area (Å²) in [6.07, 6.45) is 0.386. The van der Waals surface area contributed by atoms with Gasteiger partial charge in [-0.2, -0.15) is 0 Å². The van der Waals surface area contributed by atoms with Crippen molar-refractivity contribution in [3.63, 3.8) is 0 Å². The third-order valence-electron chi connectivity index (χ3n) is 3.48. The molecule has 0 fully saturated rings. The van der Waals surface area contributed by atoms with Crippen LogP contribution in [0.2, 0.25) is 0 Å². The molecule has 0 radical (unpaired) electrons. The molecule has 0 aromatic heterocycles. The molecular formula is C16H21NO3S. The fraction of sp³-hybridized carbons (Fsp3) is 0.500. The first-order chi connectivity index (χ1) is 9.78. The van der Waals surface area contributed by atoms with Gasteiger partial charge in [-0.05, 0) is 11.1 Å². The first-order valence-corrected chi connectivity index (χ1v) is 7.99. The topological polar surface area (TPSA) is 57.6 Å². The summed E-state index contributed by atoms with van der Waals surface area (Å²) in [5, 5.41) is 9.41. The van der Waals surface area contributed by atoms with E-state index in [1.165, 1.54) is 4.90 Å². The lowest BCUT2D eigenvalue weighted by atomic mass is 9.94. The van der Waals surface area contributed by atoms with Crippen LogP contribution in [0.3, 0.4) is 0 Å². The van der Waals surface area contributed by atoms with Crippen molar-refractivity contribution < 1.29 is 14.7 Å². The minimum Gasteiger partial charge on any atom is -0.480 e. The zero-order chi connectivity index (χ0) is 15.6. The average molecular weight is 307 g/mol. The SMILES string of the molecule is CC(C)(C)SCC(=O)N1Cc2ccccc2CC1C(=O)O. The Morgan fingerprint density at radius 2 is 1.90 bits per heavy atom. The number of carbonyl (C=O) groups excluding carboxylic acids is 1. The van der Waals surface area contributed by atoms with E-state index in [1.807, 2.05) is 45.0 Å². The van der Waals surface area contributed by atoms with Gasteiger partial charge in [0.1, 0.15) is 6.04 Å². The van der Waals surface area contributed by atoms with Gasteiger partial charge in [-0.15, -0.1) is 11.8 Å². The molecular weight excluding hydrogens is 286 g/mol. The highest BCUT2D eigenvalue weighted by Gasteiger charge is 2.34. The highest BCUT2D eigenvalue weighted by atomic mass is 32.2. The van der Waals surface area contributed by atoms with Crippen molar-refractivity contribution in [1.82, 2.24) is 4.90 Å². The number of hydrogen-bond acceptors (Lipinski definition) is 3. The van der Waals surface area contributed by atoms with Crippen LogP contribution in [0, 0.1) is 0 Å². The summed E-state index contributed by atoms with van der Waals surface area (Å²) in [5.74, 6) is -0.717. The molecule has 0 spiro atoms. The summed E-state index contributed by atoms with van der Waals surface area (Å²) in [6, 6.07) is 6.98. The van der Waals surface area contributed by atoms with Crippen molar-refractivity contribution in [2.75, 3.05) is 5.75 Å². The second-order valence-electron chi connectivity index (χ2n) is 6.25. The van der Waals surface area contributed by atoms with Crippen LogP contribution in [0.15, 0.2) is 24.3 Å². The normalized spacial score (nSPS) is 18.2. The van der Waals surface area contributed by atoms with Crippen LogP contribution in [-0.4, -0.2) is 38.4 Å². The molecule has 1 aromatic rings. The number of amides is 1. The van der Waals surface area contributed by atoms with Gasteiger partial charge in [0.15, 0.2) is 0 Å². The van der Waals surface area contributed by atoms with Crippen molar-refractivity contribution in [2.45, 2.75) is 44.5 Å². The predicted octanol–water partition coefficient (Wildman–Crippen LogP) is 2.56. The Morgan fingerprint density at radius 1 is 1.29 bits per heavy atom. The fourth-order valence-electron chi connectivity index (χ4n) is 2.37. The van der Waals surface area contributed by atoms with Crippen molar-refractivity contribution >= 4 is 23.6 Å². The Hall–Kier alpha value is -1.49. The van der Waals surface area contributed by atoms with Gasteiger partial charge in [-0.1, -0.05) is 45.0 Å². The Bertz CT molecular complexity index is 551.